The Morgan fingerprint density at radius 1 is 1.00 bits per heavy atom. The third-order valence-corrected chi connectivity index (χ3v) is 5.76. The molecule has 166 valence electrons. The van der Waals surface area contributed by atoms with Crippen LogP contribution in [-0.2, 0) is 9.59 Å². The summed E-state index contributed by atoms with van der Waals surface area (Å²) in [6, 6.07) is 17.9. The van der Waals surface area contributed by atoms with Crippen LogP contribution in [0.25, 0.3) is 10.8 Å². The molecule has 3 aromatic rings. The van der Waals surface area contributed by atoms with E-state index in [9.17, 15) is 18.4 Å². The minimum Gasteiger partial charge on any atom is -0.346 e. The summed E-state index contributed by atoms with van der Waals surface area (Å²) in [7, 11) is 0. The van der Waals surface area contributed by atoms with Crippen molar-refractivity contribution in [3.05, 3.63) is 77.9 Å². The molecule has 1 atom stereocenters. The summed E-state index contributed by atoms with van der Waals surface area (Å²) in [6.07, 6.45) is 2.08. The number of amides is 2. The smallest absolute Gasteiger partial charge is 0.243 e. The van der Waals surface area contributed by atoms with Crippen molar-refractivity contribution in [1.29, 1.82) is 0 Å². The largest absolute Gasteiger partial charge is 0.346 e. The number of carbonyl (C=O) groups excluding carboxylic acids is 2. The van der Waals surface area contributed by atoms with Gasteiger partial charge in [0.2, 0.25) is 11.8 Å². The minimum absolute atomic E-state index is 0.0374. The molecule has 0 aliphatic heterocycles. The van der Waals surface area contributed by atoms with Gasteiger partial charge < -0.3 is 10.6 Å². The molecule has 2 amide bonds. The van der Waals surface area contributed by atoms with E-state index in [2.05, 4.69) is 46.7 Å². The highest BCUT2D eigenvalue weighted by Gasteiger charge is 2.34. The van der Waals surface area contributed by atoms with Crippen LogP contribution >= 0.6 is 0 Å². The summed E-state index contributed by atoms with van der Waals surface area (Å²) in [6.45, 7) is 2.02. The molecule has 1 fully saturated rings. The van der Waals surface area contributed by atoms with E-state index in [-0.39, 0.29) is 30.7 Å². The van der Waals surface area contributed by atoms with E-state index in [4.69, 9.17) is 0 Å². The maximum absolute atomic E-state index is 13.3. The van der Waals surface area contributed by atoms with E-state index < -0.39 is 17.5 Å². The molecule has 0 heterocycles. The highest BCUT2D eigenvalue weighted by atomic mass is 19.2. The average Bonchev–Trinajstić information content (AvgIpc) is 3.63. The van der Waals surface area contributed by atoms with Crippen LogP contribution in [-0.4, -0.2) is 35.8 Å². The lowest BCUT2D eigenvalue weighted by molar-refractivity contribution is -0.125. The number of hydrogen-bond donors (Lipinski definition) is 2. The van der Waals surface area contributed by atoms with Gasteiger partial charge in [-0.1, -0.05) is 42.5 Å². The summed E-state index contributed by atoms with van der Waals surface area (Å²) < 4.78 is 26.3. The monoisotopic (exact) mass is 437 g/mol. The standard InChI is InChI=1S/C25H25F2N3O2/c1-16(20-8-4-6-17-5-2-3-7-21(17)20)30(19-10-11-19)15-25(32)28-14-24(31)29-18-9-12-22(26)23(27)13-18/h2-9,12-13,16,19H,10-11,14-15H2,1H3,(H,28,32)(H,29,31). The fourth-order valence-electron chi connectivity index (χ4n) is 3.96. The Balaban J connectivity index is 1.37. The Labute approximate surface area is 185 Å². The molecule has 2 N–H and O–H groups in total. The van der Waals surface area contributed by atoms with Crippen LogP contribution in [0.4, 0.5) is 14.5 Å². The molecule has 5 nitrogen and oxygen atoms in total. The molecule has 3 aromatic carbocycles. The molecule has 0 spiro atoms. The van der Waals surface area contributed by atoms with Gasteiger partial charge in [0.1, 0.15) is 0 Å². The van der Waals surface area contributed by atoms with Crippen molar-refractivity contribution >= 4 is 28.3 Å². The predicted octanol–water partition coefficient (Wildman–Crippen LogP) is 4.40. The zero-order chi connectivity index (χ0) is 22.7. The van der Waals surface area contributed by atoms with E-state index in [1.165, 1.54) is 17.0 Å². The molecule has 32 heavy (non-hydrogen) atoms. The number of halogens is 2. The fourth-order valence-corrected chi connectivity index (χ4v) is 3.96. The van der Waals surface area contributed by atoms with Gasteiger partial charge in [-0.25, -0.2) is 8.78 Å². The second-order valence-electron chi connectivity index (χ2n) is 8.10. The Bertz CT molecular complexity index is 1140. The number of nitrogens with one attached hydrogen (secondary N) is 2. The first kappa shape index (κ1) is 21.9. The lowest BCUT2D eigenvalue weighted by atomic mass is 9.98. The summed E-state index contributed by atoms with van der Waals surface area (Å²) >= 11 is 0. The maximum atomic E-state index is 13.3. The molecule has 0 radical (unpaired) electrons. The van der Waals surface area contributed by atoms with Gasteiger partial charge in [0.25, 0.3) is 0 Å². The van der Waals surface area contributed by atoms with Crippen molar-refractivity contribution in [3.63, 3.8) is 0 Å². The average molecular weight is 437 g/mol. The molecule has 0 bridgehead atoms. The zero-order valence-corrected chi connectivity index (χ0v) is 17.8. The van der Waals surface area contributed by atoms with Crippen LogP contribution in [0.15, 0.2) is 60.7 Å². The van der Waals surface area contributed by atoms with Gasteiger partial charge in [0.15, 0.2) is 11.6 Å². The van der Waals surface area contributed by atoms with Crippen molar-refractivity contribution in [3.8, 4) is 0 Å². The van der Waals surface area contributed by atoms with Gasteiger partial charge >= 0.3 is 0 Å². The van der Waals surface area contributed by atoms with Crippen molar-refractivity contribution in [2.24, 2.45) is 0 Å². The van der Waals surface area contributed by atoms with E-state index in [1.54, 1.807) is 0 Å². The van der Waals surface area contributed by atoms with Gasteiger partial charge in [0, 0.05) is 23.8 Å². The first-order chi connectivity index (χ1) is 15.4. The molecule has 1 aliphatic carbocycles. The van der Waals surface area contributed by atoms with Gasteiger partial charge in [-0.3, -0.25) is 14.5 Å². The number of benzene rings is 3. The number of hydrogen-bond acceptors (Lipinski definition) is 3. The SMILES string of the molecule is CC(c1cccc2ccccc12)N(CC(=O)NCC(=O)Nc1ccc(F)c(F)c1)C1CC1. The van der Waals surface area contributed by atoms with Gasteiger partial charge in [0.05, 0.1) is 13.1 Å². The molecule has 1 unspecified atom stereocenters. The second kappa shape index (κ2) is 9.44. The molecule has 0 aromatic heterocycles. The van der Waals surface area contributed by atoms with Crippen molar-refractivity contribution in [2.75, 3.05) is 18.4 Å². The number of anilines is 1. The van der Waals surface area contributed by atoms with E-state index in [0.29, 0.717) is 6.04 Å². The maximum Gasteiger partial charge on any atom is 0.243 e. The van der Waals surface area contributed by atoms with Gasteiger partial charge in [-0.2, -0.15) is 0 Å². The molecule has 4 rings (SSSR count). The molecular weight excluding hydrogens is 412 g/mol. The predicted molar refractivity (Wildman–Crippen MR) is 120 cm³/mol. The number of carbonyl (C=O) groups is 2. The Hall–Kier alpha value is -3.32. The molecule has 1 saturated carbocycles. The lowest BCUT2D eigenvalue weighted by Gasteiger charge is -2.29. The summed E-state index contributed by atoms with van der Waals surface area (Å²) in [5, 5.41) is 7.40. The molecule has 7 heteroatoms. The van der Waals surface area contributed by atoms with Crippen LogP contribution in [0.2, 0.25) is 0 Å². The third-order valence-electron chi connectivity index (χ3n) is 5.76. The van der Waals surface area contributed by atoms with Crippen LogP contribution in [0, 0.1) is 11.6 Å². The van der Waals surface area contributed by atoms with Crippen molar-refractivity contribution in [1.82, 2.24) is 10.2 Å². The fraction of sp³-hybridized carbons (Fsp3) is 0.280. The first-order valence-corrected chi connectivity index (χ1v) is 10.7. The van der Waals surface area contributed by atoms with Crippen LogP contribution < -0.4 is 10.6 Å². The number of nitrogens with zero attached hydrogens (tertiary/aromatic N) is 1. The lowest BCUT2D eigenvalue weighted by Crippen LogP contribution is -2.42. The molecule has 0 saturated heterocycles. The second-order valence-corrected chi connectivity index (χ2v) is 8.10. The topological polar surface area (TPSA) is 61.4 Å². The minimum atomic E-state index is -1.05. The van der Waals surface area contributed by atoms with Crippen molar-refractivity contribution < 1.29 is 18.4 Å². The Morgan fingerprint density at radius 2 is 1.75 bits per heavy atom. The van der Waals surface area contributed by atoms with Crippen LogP contribution in [0.1, 0.15) is 31.4 Å². The highest BCUT2D eigenvalue weighted by molar-refractivity contribution is 5.94. The van der Waals surface area contributed by atoms with Crippen LogP contribution in [0.5, 0.6) is 0 Å². The van der Waals surface area contributed by atoms with Gasteiger partial charge in [-0.15, -0.1) is 0 Å². The quantitative estimate of drug-likeness (QED) is 0.549. The molecule has 1 aliphatic rings. The zero-order valence-electron chi connectivity index (χ0n) is 17.8. The highest BCUT2D eigenvalue weighted by Crippen LogP contribution is 2.36. The number of rotatable bonds is 8. The summed E-state index contributed by atoms with van der Waals surface area (Å²) in [5.41, 5.74) is 1.30. The third kappa shape index (κ3) is 5.11. The first-order valence-electron chi connectivity index (χ1n) is 10.7. The normalized spacial score (nSPS) is 14.4. The number of fused-ring (bicyclic) bond motifs is 1. The van der Waals surface area contributed by atoms with Crippen molar-refractivity contribution in [2.45, 2.75) is 31.8 Å². The Kier molecular flexibility index (Phi) is 6.46. The summed E-state index contributed by atoms with van der Waals surface area (Å²) in [5.74, 6) is -2.81. The van der Waals surface area contributed by atoms with Crippen LogP contribution in [0.3, 0.4) is 0 Å². The summed E-state index contributed by atoms with van der Waals surface area (Å²) in [4.78, 5) is 26.9. The molecular formula is C25H25F2N3O2. The van der Waals surface area contributed by atoms with E-state index >= 15 is 0 Å². The van der Waals surface area contributed by atoms with E-state index in [0.717, 1.165) is 30.4 Å². The van der Waals surface area contributed by atoms with E-state index in [1.807, 2.05) is 18.2 Å². The van der Waals surface area contributed by atoms with Gasteiger partial charge in [-0.05, 0) is 48.2 Å². The Morgan fingerprint density at radius 3 is 2.50 bits per heavy atom.